The zero-order chi connectivity index (χ0) is 19.7. The highest BCUT2D eigenvalue weighted by molar-refractivity contribution is 5.88. The van der Waals surface area contributed by atoms with Gasteiger partial charge in [0.15, 0.2) is 0 Å². The molecule has 6 heteroatoms. The van der Waals surface area contributed by atoms with Crippen LogP contribution in [-0.4, -0.2) is 17.7 Å². The van der Waals surface area contributed by atoms with E-state index in [1.165, 1.54) is 45.4 Å². The second-order valence-corrected chi connectivity index (χ2v) is 9.25. The first-order valence-electron chi connectivity index (χ1n) is 10.3. The summed E-state index contributed by atoms with van der Waals surface area (Å²) in [5.41, 5.74) is 6.86. The number of hydrogen-bond donors (Lipinski definition) is 3. The van der Waals surface area contributed by atoms with E-state index in [1.54, 1.807) is 24.3 Å². The molecule has 5 rings (SSSR count). The Hall–Kier alpha value is -2.37. The van der Waals surface area contributed by atoms with Gasteiger partial charge < -0.3 is 5.32 Å². The van der Waals surface area contributed by atoms with Crippen LogP contribution in [0.15, 0.2) is 24.3 Å². The molecule has 4 bridgehead atoms. The maximum Gasteiger partial charge on any atom is 0.242 e. The van der Waals surface area contributed by atoms with Gasteiger partial charge in [-0.1, -0.05) is 12.1 Å². The predicted molar refractivity (Wildman–Crippen MR) is 106 cm³/mol. The molecular formula is C22H29N3O3. The second-order valence-electron chi connectivity index (χ2n) is 9.25. The predicted octanol–water partition coefficient (Wildman–Crippen LogP) is 2.94. The van der Waals surface area contributed by atoms with E-state index in [4.69, 9.17) is 0 Å². The molecule has 6 nitrogen and oxygen atoms in total. The van der Waals surface area contributed by atoms with Gasteiger partial charge in [-0.3, -0.25) is 25.2 Å². The number of nitrogens with one attached hydrogen (secondary N) is 3. The molecule has 0 aromatic heterocycles. The van der Waals surface area contributed by atoms with Gasteiger partial charge in [-0.2, -0.15) is 0 Å². The largest absolute Gasteiger partial charge is 0.326 e. The molecule has 4 aliphatic carbocycles. The number of rotatable bonds is 5. The fraction of sp³-hybridized carbons (Fsp3) is 0.591. The minimum atomic E-state index is -0.244. The van der Waals surface area contributed by atoms with Crippen LogP contribution in [0.25, 0.3) is 0 Å². The van der Waals surface area contributed by atoms with Gasteiger partial charge in [0.2, 0.25) is 17.7 Å². The highest BCUT2D eigenvalue weighted by Crippen LogP contribution is 2.61. The topological polar surface area (TPSA) is 87.3 Å². The minimum absolute atomic E-state index is 0.0729. The van der Waals surface area contributed by atoms with Crippen molar-refractivity contribution in [2.24, 2.45) is 23.2 Å². The molecule has 1 aromatic rings. The molecule has 0 spiro atoms. The fourth-order valence-electron chi connectivity index (χ4n) is 6.17. The number of carbonyl (C=O) groups is 3. The zero-order valence-electron chi connectivity index (χ0n) is 16.4. The Bertz CT molecular complexity index is 736. The lowest BCUT2D eigenvalue weighted by Gasteiger charge is -2.56. The number of amides is 3. The Labute approximate surface area is 165 Å². The summed E-state index contributed by atoms with van der Waals surface area (Å²) in [4.78, 5) is 35.7. The van der Waals surface area contributed by atoms with Gasteiger partial charge >= 0.3 is 0 Å². The van der Waals surface area contributed by atoms with Gasteiger partial charge in [-0.25, -0.2) is 0 Å². The van der Waals surface area contributed by atoms with Crippen LogP contribution in [-0.2, 0) is 20.8 Å². The van der Waals surface area contributed by atoms with Crippen molar-refractivity contribution < 1.29 is 14.4 Å². The Morgan fingerprint density at radius 1 is 0.893 bits per heavy atom. The summed E-state index contributed by atoms with van der Waals surface area (Å²) in [5.74, 6) is 1.99. The van der Waals surface area contributed by atoms with Crippen molar-refractivity contribution in [1.82, 2.24) is 10.9 Å². The van der Waals surface area contributed by atoms with E-state index in [0.29, 0.717) is 12.1 Å². The molecule has 0 unspecified atom stereocenters. The van der Waals surface area contributed by atoms with Crippen LogP contribution in [0.3, 0.4) is 0 Å². The van der Waals surface area contributed by atoms with Crippen molar-refractivity contribution in [3.8, 4) is 0 Å². The highest BCUT2D eigenvalue weighted by Gasteiger charge is 2.51. The minimum Gasteiger partial charge on any atom is -0.326 e. The van der Waals surface area contributed by atoms with Crippen LogP contribution in [0, 0.1) is 23.2 Å². The maximum absolute atomic E-state index is 12.5. The molecule has 0 heterocycles. The molecule has 4 fully saturated rings. The lowest BCUT2D eigenvalue weighted by molar-refractivity contribution is -0.134. The third-order valence-electron chi connectivity index (χ3n) is 6.68. The van der Waals surface area contributed by atoms with E-state index in [9.17, 15) is 14.4 Å². The number of hydrazine groups is 1. The van der Waals surface area contributed by atoms with E-state index in [-0.39, 0.29) is 29.6 Å². The summed E-state index contributed by atoms with van der Waals surface area (Å²) in [6, 6.07) is 7.11. The molecule has 28 heavy (non-hydrogen) atoms. The fourth-order valence-corrected chi connectivity index (χ4v) is 6.17. The highest BCUT2D eigenvalue weighted by atomic mass is 16.2. The normalized spacial score (nSPS) is 30.0. The maximum atomic E-state index is 12.5. The smallest absolute Gasteiger partial charge is 0.242 e. The zero-order valence-corrected chi connectivity index (χ0v) is 16.4. The van der Waals surface area contributed by atoms with Crippen molar-refractivity contribution in [3.05, 3.63) is 29.8 Å². The number of benzene rings is 1. The average Bonchev–Trinajstić information content (AvgIpc) is 2.60. The van der Waals surface area contributed by atoms with Crippen LogP contribution in [0.1, 0.15) is 57.4 Å². The van der Waals surface area contributed by atoms with E-state index in [0.717, 1.165) is 23.3 Å². The first-order chi connectivity index (χ1) is 13.4. The third kappa shape index (κ3) is 4.37. The lowest BCUT2D eigenvalue weighted by atomic mass is 9.49. The molecule has 3 N–H and O–H groups in total. The van der Waals surface area contributed by atoms with Crippen molar-refractivity contribution >= 4 is 23.4 Å². The first-order valence-corrected chi connectivity index (χ1v) is 10.3. The number of anilines is 1. The Morgan fingerprint density at radius 3 is 1.96 bits per heavy atom. The van der Waals surface area contributed by atoms with Crippen LogP contribution in [0.2, 0.25) is 0 Å². The van der Waals surface area contributed by atoms with Crippen molar-refractivity contribution in [2.45, 2.75) is 58.3 Å². The number of hydrogen-bond acceptors (Lipinski definition) is 3. The van der Waals surface area contributed by atoms with Crippen molar-refractivity contribution in [1.29, 1.82) is 0 Å². The molecule has 0 radical (unpaired) electrons. The summed E-state index contributed by atoms with van der Waals surface area (Å²) in [5, 5.41) is 2.69. The quantitative estimate of drug-likeness (QED) is 0.683. The molecular weight excluding hydrogens is 354 g/mol. The van der Waals surface area contributed by atoms with Crippen LogP contribution in [0.5, 0.6) is 0 Å². The third-order valence-corrected chi connectivity index (χ3v) is 6.68. The van der Waals surface area contributed by atoms with E-state index in [2.05, 4.69) is 16.2 Å². The van der Waals surface area contributed by atoms with Gasteiger partial charge in [0, 0.05) is 19.0 Å². The van der Waals surface area contributed by atoms with Gasteiger partial charge in [-0.05, 0) is 79.4 Å². The molecule has 0 saturated heterocycles. The van der Waals surface area contributed by atoms with E-state index < -0.39 is 0 Å². The first kappa shape index (κ1) is 19.0. The SMILES string of the molecule is CC(=O)Nc1ccc(CC(=O)NNC(=O)CC23CC4CC(CC(C4)C2)C3)cc1. The summed E-state index contributed by atoms with van der Waals surface area (Å²) in [6.45, 7) is 1.45. The molecule has 1 aromatic carbocycles. The average molecular weight is 383 g/mol. The second kappa shape index (κ2) is 7.57. The summed E-state index contributed by atoms with van der Waals surface area (Å²) in [7, 11) is 0. The van der Waals surface area contributed by atoms with Crippen LogP contribution >= 0.6 is 0 Å². The standard InChI is InChI=1S/C22H29N3O3/c1-14(26)23-19-4-2-15(3-5-19)9-20(27)24-25-21(28)13-22-10-16-6-17(11-22)8-18(7-16)12-22/h2-5,16-18H,6-13H2,1H3,(H,23,26)(H,24,27)(H,25,28). The Balaban J connectivity index is 1.23. The molecule has 3 amide bonds. The number of carbonyl (C=O) groups excluding carboxylic acids is 3. The van der Waals surface area contributed by atoms with E-state index in [1.807, 2.05) is 0 Å². The van der Waals surface area contributed by atoms with E-state index >= 15 is 0 Å². The van der Waals surface area contributed by atoms with Crippen LogP contribution in [0.4, 0.5) is 5.69 Å². The summed E-state index contributed by atoms with van der Waals surface area (Å²) in [6.07, 6.45) is 8.33. The van der Waals surface area contributed by atoms with Crippen molar-refractivity contribution in [2.75, 3.05) is 5.32 Å². The molecule has 4 saturated carbocycles. The molecule has 4 aliphatic rings. The molecule has 0 atom stereocenters. The Kier molecular flexibility index (Phi) is 5.13. The summed E-state index contributed by atoms with van der Waals surface area (Å²) < 4.78 is 0. The Morgan fingerprint density at radius 2 is 1.43 bits per heavy atom. The molecule has 0 aliphatic heterocycles. The van der Waals surface area contributed by atoms with Crippen molar-refractivity contribution in [3.63, 3.8) is 0 Å². The van der Waals surface area contributed by atoms with Crippen LogP contribution < -0.4 is 16.2 Å². The summed E-state index contributed by atoms with van der Waals surface area (Å²) >= 11 is 0. The molecule has 150 valence electrons. The monoisotopic (exact) mass is 383 g/mol. The van der Waals surface area contributed by atoms with Gasteiger partial charge in [-0.15, -0.1) is 0 Å². The van der Waals surface area contributed by atoms with Gasteiger partial charge in [0.25, 0.3) is 0 Å². The lowest BCUT2D eigenvalue weighted by Crippen LogP contribution is -2.50. The van der Waals surface area contributed by atoms with Gasteiger partial charge in [0.1, 0.15) is 0 Å². The van der Waals surface area contributed by atoms with Gasteiger partial charge in [0.05, 0.1) is 6.42 Å².